The lowest BCUT2D eigenvalue weighted by molar-refractivity contribution is -0.121. The standard InChI is InChI=1S/C14H17N3O/c15-12-2-1-3-13-11(12)6-7-17(13)9-14(18)16-8-10-4-5-10/h1-3,6-7,10H,4-5,8-9,15H2,(H,16,18). The Labute approximate surface area is 106 Å². The van der Waals surface area contributed by atoms with Crippen molar-refractivity contribution in [2.45, 2.75) is 19.4 Å². The quantitative estimate of drug-likeness (QED) is 0.804. The summed E-state index contributed by atoms with van der Waals surface area (Å²) < 4.78 is 1.94. The lowest BCUT2D eigenvalue weighted by Gasteiger charge is -2.07. The van der Waals surface area contributed by atoms with Gasteiger partial charge in [-0.2, -0.15) is 0 Å². The molecular formula is C14H17N3O. The molecule has 1 saturated carbocycles. The van der Waals surface area contributed by atoms with Crippen LogP contribution in [0, 0.1) is 5.92 Å². The Hall–Kier alpha value is -1.97. The molecule has 0 radical (unpaired) electrons. The van der Waals surface area contributed by atoms with Crippen LogP contribution >= 0.6 is 0 Å². The van der Waals surface area contributed by atoms with E-state index in [2.05, 4.69) is 5.32 Å². The summed E-state index contributed by atoms with van der Waals surface area (Å²) in [4.78, 5) is 11.8. The fraction of sp³-hybridized carbons (Fsp3) is 0.357. The highest BCUT2D eigenvalue weighted by Crippen LogP contribution is 2.27. The normalized spacial score (nSPS) is 14.9. The van der Waals surface area contributed by atoms with Crippen molar-refractivity contribution in [1.82, 2.24) is 9.88 Å². The zero-order valence-electron chi connectivity index (χ0n) is 10.2. The smallest absolute Gasteiger partial charge is 0.239 e. The maximum absolute atomic E-state index is 11.8. The Balaban J connectivity index is 1.73. The van der Waals surface area contributed by atoms with Crippen LogP contribution in [0.5, 0.6) is 0 Å². The summed E-state index contributed by atoms with van der Waals surface area (Å²) in [6.45, 7) is 1.18. The molecule has 1 amide bonds. The molecule has 1 fully saturated rings. The van der Waals surface area contributed by atoms with Crippen molar-refractivity contribution in [3.05, 3.63) is 30.5 Å². The third-order valence-electron chi connectivity index (χ3n) is 3.45. The zero-order valence-corrected chi connectivity index (χ0v) is 10.2. The molecular weight excluding hydrogens is 226 g/mol. The van der Waals surface area contributed by atoms with Gasteiger partial charge in [0, 0.05) is 23.8 Å². The monoisotopic (exact) mass is 243 g/mol. The predicted octanol–water partition coefficient (Wildman–Crippen LogP) is 1.75. The van der Waals surface area contributed by atoms with Crippen LogP contribution in [-0.2, 0) is 11.3 Å². The van der Waals surface area contributed by atoms with E-state index in [-0.39, 0.29) is 5.91 Å². The lowest BCUT2D eigenvalue weighted by atomic mass is 10.2. The molecule has 1 heterocycles. The molecule has 3 N–H and O–H groups in total. The Morgan fingerprint density at radius 2 is 2.22 bits per heavy atom. The summed E-state index contributed by atoms with van der Waals surface area (Å²) in [6.07, 6.45) is 4.42. The SMILES string of the molecule is Nc1cccc2c1ccn2CC(=O)NCC1CC1. The van der Waals surface area contributed by atoms with Gasteiger partial charge in [-0.15, -0.1) is 0 Å². The van der Waals surface area contributed by atoms with E-state index < -0.39 is 0 Å². The molecule has 1 aliphatic rings. The first-order valence-corrected chi connectivity index (χ1v) is 6.34. The molecule has 0 spiro atoms. The molecule has 4 nitrogen and oxygen atoms in total. The van der Waals surface area contributed by atoms with E-state index in [9.17, 15) is 4.79 Å². The van der Waals surface area contributed by atoms with Crippen LogP contribution in [0.1, 0.15) is 12.8 Å². The van der Waals surface area contributed by atoms with Gasteiger partial charge in [0.2, 0.25) is 5.91 Å². The number of nitrogen functional groups attached to an aromatic ring is 1. The van der Waals surface area contributed by atoms with E-state index in [4.69, 9.17) is 5.73 Å². The third kappa shape index (κ3) is 2.18. The Kier molecular flexibility index (Phi) is 2.70. The first-order valence-electron chi connectivity index (χ1n) is 6.34. The summed E-state index contributed by atoms with van der Waals surface area (Å²) >= 11 is 0. The van der Waals surface area contributed by atoms with Crippen LogP contribution in [0.15, 0.2) is 30.5 Å². The molecule has 18 heavy (non-hydrogen) atoms. The Bertz CT molecular complexity index is 584. The summed E-state index contributed by atoms with van der Waals surface area (Å²) in [6, 6.07) is 7.73. The average molecular weight is 243 g/mol. The predicted molar refractivity (Wildman–Crippen MR) is 72.1 cm³/mol. The van der Waals surface area contributed by atoms with Gasteiger partial charge in [0.15, 0.2) is 0 Å². The van der Waals surface area contributed by atoms with Crippen molar-refractivity contribution >= 4 is 22.5 Å². The lowest BCUT2D eigenvalue weighted by Crippen LogP contribution is -2.29. The van der Waals surface area contributed by atoms with Crippen molar-refractivity contribution in [2.24, 2.45) is 5.92 Å². The molecule has 4 heteroatoms. The molecule has 1 aliphatic carbocycles. The van der Waals surface area contributed by atoms with Gasteiger partial charge in [-0.05, 0) is 37.0 Å². The van der Waals surface area contributed by atoms with Gasteiger partial charge in [0.1, 0.15) is 6.54 Å². The molecule has 0 aliphatic heterocycles. The maximum atomic E-state index is 11.8. The topological polar surface area (TPSA) is 60.0 Å². The number of hydrogen-bond acceptors (Lipinski definition) is 2. The maximum Gasteiger partial charge on any atom is 0.239 e. The van der Waals surface area contributed by atoms with Crippen LogP contribution < -0.4 is 11.1 Å². The summed E-state index contributed by atoms with van der Waals surface area (Å²) in [5.74, 6) is 0.785. The minimum Gasteiger partial charge on any atom is -0.398 e. The van der Waals surface area contributed by atoms with E-state index in [0.717, 1.165) is 23.1 Å². The van der Waals surface area contributed by atoms with E-state index in [1.165, 1.54) is 12.8 Å². The second-order valence-electron chi connectivity index (χ2n) is 4.97. The number of benzene rings is 1. The number of nitrogens with zero attached hydrogens (tertiary/aromatic N) is 1. The van der Waals surface area contributed by atoms with Crippen LogP contribution in [0.2, 0.25) is 0 Å². The summed E-state index contributed by atoms with van der Waals surface area (Å²) in [7, 11) is 0. The van der Waals surface area contributed by atoms with E-state index in [1.807, 2.05) is 35.0 Å². The fourth-order valence-corrected chi connectivity index (χ4v) is 2.18. The highest BCUT2D eigenvalue weighted by molar-refractivity contribution is 5.92. The highest BCUT2D eigenvalue weighted by atomic mass is 16.1. The van der Waals surface area contributed by atoms with Gasteiger partial charge in [-0.3, -0.25) is 4.79 Å². The molecule has 1 aromatic heterocycles. The molecule has 1 aromatic carbocycles. The van der Waals surface area contributed by atoms with Crippen molar-refractivity contribution in [3.63, 3.8) is 0 Å². The number of aromatic nitrogens is 1. The third-order valence-corrected chi connectivity index (χ3v) is 3.45. The van der Waals surface area contributed by atoms with Crippen molar-refractivity contribution in [3.8, 4) is 0 Å². The largest absolute Gasteiger partial charge is 0.398 e. The van der Waals surface area contributed by atoms with Gasteiger partial charge in [-0.1, -0.05) is 6.07 Å². The van der Waals surface area contributed by atoms with Crippen LogP contribution in [-0.4, -0.2) is 17.0 Å². The molecule has 0 saturated heterocycles. The van der Waals surface area contributed by atoms with Crippen molar-refractivity contribution in [1.29, 1.82) is 0 Å². The second kappa shape index (κ2) is 4.37. The number of hydrogen-bond donors (Lipinski definition) is 2. The van der Waals surface area contributed by atoms with Crippen LogP contribution in [0.4, 0.5) is 5.69 Å². The van der Waals surface area contributed by atoms with Gasteiger partial charge >= 0.3 is 0 Å². The molecule has 2 aromatic rings. The molecule has 0 unspecified atom stereocenters. The van der Waals surface area contributed by atoms with Gasteiger partial charge in [0.25, 0.3) is 0 Å². The van der Waals surface area contributed by atoms with E-state index in [1.54, 1.807) is 0 Å². The Morgan fingerprint density at radius 3 is 3.00 bits per heavy atom. The number of amides is 1. The van der Waals surface area contributed by atoms with E-state index >= 15 is 0 Å². The van der Waals surface area contributed by atoms with Crippen molar-refractivity contribution < 1.29 is 4.79 Å². The fourth-order valence-electron chi connectivity index (χ4n) is 2.18. The number of anilines is 1. The second-order valence-corrected chi connectivity index (χ2v) is 4.97. The van der Waals surface area contributed by atoms with Crippen molar-refractivity contribution in [2.75, 3.05) is 12.3 Å². The highest BCUT2D eigenvalue weighted by Gasteiger charge is 2.21. The average Bonchev–Trinajstić information content (AvgIpc) is 3.10. The molecule has 3 rings (SSSR count). The van der Waals surface area contributed by atoms with Crippen LogP contribution in [0.25, 0.3) is 10.9 Å². The number of carbonyl (C=O) groups is 1. The number of rotatable bonds is 4. The molecule has 0 atom stereocenters. The minimum absolute atomic E-state index is 0.0711. The number of nitrogens with two attached hydrogens (primary N) is 1. The molecule has 0 bridgehead atoms. The van der Waals surface area contributed by atoms with Gasteiger partial charge < -0.3 is 15.6 Å². The van der Waals surface area contributed by atoms with Gasteiger partial charge in [-0.25, -0.2) is 0 Å². The van der Waals surface area contributed by atoms with Gasteiger partial charge in [0.05, 0.1) is 5.52 Å². The summed E-state index contributed by atoms with van der Waals surface area (Å²) in [5, 5.41) is 3.98. The number of fused-ring (bicyclic) bond motifs is 1. The first kappa shape index (κ1) is 11.1. The first-order chi connectivity index (χ1) is 8.74. The number of nitrogens with one attached hydrogen (secondary N) is 1. The van der Waals surface area contributed by atoms with Crippen LogP contribution in [0.3, 0.4) is 0 Å². The Morgan fingerprint density at radius 1 is 1.39 bits per heavy atom. The summed E-state index contributed by atoms with van der Waals surface area (Å²) in [5.41, 5.74) is 7.66. The van der Waals surface area contributed by atoms with E-state index in [0.29, 0.717) is 12.5 Å². The minimum atomic E-state index is 0.0711. The molecule has 94 valence electrons. The number of carbonyl (C=O) groups excluding carboxylic acids is 1. The zero-order chi connectivity index (χ0) is 12.5.